The maximum absolute atomic E-state index is 13.8. The first-order valence-electron chi connectivity index (χ1n) is 20.5. The number of Topliss-reactive ketones (excluding diaryl/α,β-unsaturated/α-hetero) is 2. The van der Waals surface area contributed by atoms with Gasteiger partial charge in [-0.3, -0.25) is 29.1 Å². The molecule has 12 nitrogen and oxygen atoms in total. The lowest BCUT2D eigenvalue weighted by Gasteiger charge is -2.17. The predicted molar refractivity (Wildman–Crippen MR) is 233 cm³/mol. The number of hydrogen-bond donors (Lipinski definition) is 2. The third kappa shape index (κ3) is 11.0. The quantitative estimate of drug-likeness (QED) is 0.0402. The summed E-state index contributed by atoms with van der Waals surface area (Å²) >= 11 is 0. The Morgan fingerprint density at radius 3 is 1.37 bits per heavy atom. The number of para-hydroxylation sites is 2. The Morgan fingerprint density at radius 1 is 0.565 bits per heavy atom. The summed E-state index contributed by atoms with van der Waals surface area (Å²) < 4.78 is 50.2. The highest BCUT2D eigenvalue weighted by atomic mass is 19.1. The first-order valence-corrected chi connectivity index (χ1v) is 20.5. The van der Waals surface area contributed by atoms with Crippen LogP contribution in [0.25, 0.3) is 21.8 Å². The number of fused-ring (bicyclic) bond motifs is 2. The van der Waals surface area contributed by atoms with Crippen LogP contribution >= 0.6 is 0 Å². The molecule has 0 aliphatic heterocycles. The number of rotatable bonds is 21. The van der Waals surface area contributed by atoms with Crippen molar-refractivity contribution in [1.29, 1.82) is 0 Å². The number of esters is 2. The molecule has 14 heteroatoms. The number of aromatic nitrogens is 2. The Morgan fingerprint density at radius 2 is 0.984 bits per heavy atom. The van der Waals surface area contributed by atoms with Gasteiger partial charge in [-0.1, -0.05) is 38.1 Å². The number of nitrogens with zero attached hydrogens (tertiary/aromatic N) is 2. The summed E-state index contributed by atoms with van der Waals surface area (Å²) in [5.74, 6) is -1.33. The Labute approximate surface area is 358 Å². The van der Waals surface area contributed by atoms with Crippen molar-refractivity contribution in [2.75, 3.05) is 37.1 Å². The van der Waals surface area contributed by atoms with Crippen LogP contribution < -0.4 is 20.1 Å². The number of halogens is 2. The standard InChI is InChI=1S/C48H48F2N4O8/c1-5-9-39(55)35-27-51-47-33(45(35)53-37-17-15-31(49)25-29(37)3)11-7-13-41(47)59-21-23-61-43(57)19-20-44(58)62-24-22-60-42-14-8-12-34-46(54-38-18-16-32(50)26-30(38)4)36(28-52-48(34)42)40(56)10-6-2/h7-8,11-18,25-28H,5-6,9-10,19-24H2,1-4H3,(H,51,53)(H,52,54). The molecule has 0 amide bonds. The molecule has 62 heavy (non-hydrogen) atoms. The highest BCUT2D eigenvalue weighted by Crippen LogP contribution is 2.37. The van der Waals surface area contributed by atoms with E-state index in [0.29, 0.717) is 104 Å². The fourth-order valence-electron chi connectivity index (χ4n) is 6.81. The summed E-state index contributed by atoms with van der Waals surface area (Å²) in [7, 11) is 0. The molecule has 0 saturated carbocycles. The second-order valence-corrected chi connectivity index (χ2v) is 14.6. The molecule has 0 aliphatic rings. The summed E-state index contributed by atoms with van der Waals surface area (Å²) in [6, 6.07) is 19.3. The number of carbonyl (C=O) groups is 4. The molecule has 2 heterocycles. The van der Waals surface area contributed by atoms with E-state index in [1.165, 1.54) is 36.7 Å². The van der Waals surface area contributed by atoms with E-state index < -0.39 is 11.9 Å². The van der Waals surface area contributed by atoms with Crippen LogP contribution in [0.3, 0.4) is 0 Å². The molecule has 322 valence electrons. The molecule has 0 aliphatic carbocycles. The molecule has 2 N–H and O–H groups in total. The van der Waals surface area contributed by atoms with Gasteiger partial charge in [0, 0.05) is 47.4 Å². The van der Waals surface area contributed by atoms with Crippen LogP contribution in [0.4, 0.5) is 31.5 Å². The molecular formula is C48H48F2N4O8. The van der Waals surface area contributed by atoms with Gasteiger partial charge in [0.1, 0.15) is 60.6 Å². The second-order valence-electron chi connectivity index (χ2n) is 14.6. The summed E-state index contributed by atoms with van der Waals surface area (Å²) in [4.78, 5) is 60.2. The minimum Gasteiger partial charge on any atom is -0.488 e. The SMILES string of the molecule is CCCC(=O)c1cnc2c(OCCOC(=O)CCC(=O)OCCOc3cccc4c(Nc5ccc(F)cc5C)c(C(=O)CCC)cnc34)cccc2c1Nc1ccc(F)cc1C. The summed E-state index contributed by atoms with van der Waals surface area (Å²) in [6.07, 6.45) is 4.55. The number of ether oxygens (including phenoxy) is 4. The third-order valence-electron chi connectivity index (χ3n) is 9.91. The van der Waals surface area contributed by atoms with Gasteiger partial charge in [0.2, 0.25) is 0 Å². The fraction of sp³-hybridized carbons (Fsp3) is 0.292. The molecular weight excluding hydrogens is 799 g/mol. The number of benzene rings is 4. The van der Waals surface area contributed by atoms with E-state index in [2.05, 4.69) is 20.6 Å². The first kappa shape index (κ1) is 44.6. The first-order chi connectivity index (χ1) is 30.0. The van der Waals surface area contributed by atoms with Crippen molar-refractivity contribution in [2.45, 2.75) is 66.2 Å². The normalized spacial score (nSPS) is 11.0. The summed E-state index contributed by atoms with van der Waals surface area (Å²) in [5, 5.41) is 7.87. The van der Waals surface area contributed by atoms with Gasteiger partial charge in [-0.25, -0.2) is 8.78 Å². The van der Waals surface area contributed by atoms with Gasteiger partial charge in [0.15, 0.2) is 11.6 Å². The van der Waals surface area contributed by atoms with Gasteiger partial charge in [-0.05, 0) is 86.3 Å². The monoisotopic (exact) mass is 846 g/mol. The van der Waals surface area contributed by atoms with Gasteiger partial charge in [0.25, 0.3) is 0 Å². The average Bonchev–Trinajstić information content (AvgIpc) is 3.25. The van der Waals surface area contributed by atoms with E-state index in [4.69, 9.17) is 18.9 Å². The maximum Gasteiger partial charge on any atom is 0.306 e. The zero-order valence-corrected chi connectivity index (χ0v) is 35.1. The van der Waals surface area contributed by atoms with Crippen molar-refractivity contribution in [3.8, 4) is 11.5 Å². The lowest BCUT2D eigenvalue weighted by molar-refractivity contribution is -0.151. The van der Waals surface area contributed by atoms with E-state index in [1.54, 1.807) is 50.2 Å². The minimum absolute atomic E-state index is 0.00646. The van der Waals surface area contributed by atoms with Crippen molar-refractivity contribution >= 4 is 68.1 Å². The molecule has 6 rings (SSSR count). The van der Waals surface area contributed by atoms with E-state index in [1.807, 2.05) is 26.0 Å². The number of aryl methyl sites for hydroxylation is 2. The van der Waals surface area contributed by atoms with Crippen molar-refractivity contribution < 1.29 is 46.9 Å². The molecule has 0 unspecified atom stereocenters. The molecule has 0 spiro atoms. The fourth-order valence-corrected chi connectivity index (χ4v) is 6.81. The number of nitrogens with one attached hydrogen (secondary N) is 2. The zero-order valence-electron chi connectivity index (χ0n) is 35.1. The highest BCUT2D eigenvalue weighted by molar-refractivity contribution is 6.11. The number of carbonyl (C=O) groups excluding carboxylic acids is 4. The van der Waals surface area contributed by atoms with Gasteiger partial charge in [0.05, 0.1) is 35.3 Å². The van der Waals surface area contributed by atoms with E-state index >= 15 is 0 Å². The van der Waals surface area contributed by atoms with E-state index in [0.717, 1.165) is 0 Å². The van der Waals surface area contributed by atoms with E-state index in [-0.39, 0.29) is 62.5 Å². The van der Waals surface area contributed by atoms with Crippen molar-refractivity contribution in [1.82, 2.24) is 9.97 Å². The van der Waals surface area contributed by atoms with Crippen LogP contribution in [0, 0.1) is 25.5 Å². The zero-order chi connectivity index (χ0) is 44.2. The van der Waals surface area contributed by atoms with Crippen LogP contribution in [-0.4, -0.2) is 59.9 Å². The highest BCUT2D eigenvalue weighted by Gasteiger charge is 2.20. The third-order valence-corrected chi connectivity index (χ3v) is 9.91. The van der Waals surface area contributed by atoms with Gasteiger partial charge in [-0.15, -0.1) is 0 Å². The maximum atomic E-state index is 13.8. The Bertz CT molecular complexity index is 2440. The van der Waals surface area contributed by atoms with Crippen LogP contribution in [0.1, 0.15) is 84.2 Å². The molecule has 0 atom stereocenters. The van der Waals surface area contributed by atoms with Gasteiger partial charge >= 0.3 is 11.9 Å². The molecule has 0 saturated heterocycles. The lowest BCUT2D eigenvalue weighted by atomic mass is 10.0. The van der Waals surface area contributed by atoms with Crippen LogP contribution in [0.2, 0.25) is 0 Å². The average molecular weight is 847 g/mol. The molecule has 4 aromatic carbocycles. The van der Waals surface area contributed by atoms with Crippen molar-refractivity contribution in [3.05, 3.63) is 119 Å². The van der Waals surface area contributed by atoms with Gasteiger partial charge < -0.3 is 29.6 Å². The minimum atomic E-state index is -0.614. The number of anilines is 4. The van der Waals surface area contributed by atoms with E-state index in [9.17, 15) is 28.0 Å². The summed E-state index contributed by atoms with van der Waals surface area (Å²) in [5.41, 5.74) is 5.41. The van der Waals surface area contributed by atoms with Crippen molar-refractivity contribution in [2.24, 2.45) is 0 Å². The molecule has 6 aromatic rings. The molecule has 2 aromatic heterocycles. The van der Waals surface area contributed by atoms with Gasteiger partial charge in [-0.2, -0.15) is 0 Å². The molecule has 0 radical (unpaired) electrons. The smallest absolute Gasteiger partial charge is 0.306 e. The number of pyridine rings is 2. The second kappa shape index (κ2) is 21.0. The van der Waals surface area contributed by atoms with Crippen LogP contribution in [-0.2, 0) is 19.1 Å². The molecule has 0 fully saturated rings. The number of hydrogen-bond acceptors (Lipinski definition) is 12. The Hall–Kier alpha value is -6.96. The lowest BCUT2D eigenvalue weighted by Crippen LogP contribution is -2.16. The molecule has 0 bridgehead atoms. The van der Waals surface area contributed by atoms with Crippen molar-refractivity contribution in [3.63, 3.8) is 0 Å². The predicted octanol–water partition coefficient (Wildman–Crippen LogP) is 10.5. The van der Waals surface area contributed by atoms with Crippen LogP contribution in [0.5, 0.6) is 11.5 Å². The summed E-state index contributed by atoms with van der Waals surface area (Å²) in [6.45, 7) is 7.17. The Kier molecular flexibility index (Phi) is 15.1. The topological polar surface area (TPSA) is 155 Å². The Balaban J connectivity index is 0.993. The number of ketones is 2. The largest absolute Gasteiger partial charge is 0.488 e. The van der Waals surface area contributed by atoms with Crippen LogP contribution in [0.15, 0.2) is 85.2 Å².